The second kappa shape index (κ2) is 6.56. The Balaban J connectivity index is 1.66. The Bertz CT molecular complexity index is 505. The Morgan fingerprint density at radius 1 is 1.14 bits per heavy atom. The summed E-state index contributed by atoms with van der Waals surface area (Å²) in [6, 6.07) is 7.39. The molecule has 3 rings (SSSR count). The molecule has 0 bridgehead atoms. The minimum atomic E-state index is -0.126. The quantitative estimate of drug-likeness (QED) is 0.851. The smallest absolute Gasteiger partial charge is 0.222 e. The van der Waals surface area contributed by atoms with E-state index in [2.05, 4.69) is 4.90 Å². The van der Waals surface area contributed by atoms with Gasteiger partial charge in [0.25, 0.3) is 0 Å². The number of piperidine rings is 1. The van der Waals surface area contributed by atoms with Crippen molar-refractivity contribution in [2.45, 2.75) is 44.7 Å². The lowest BCUT2D eigenvalue weighted by Crippen LogP contribution is -2.46. The van der Waals surface area contributed by atoms with Gasteiger partial charge in [0.15, 0.2) is 0 Å². The summed E-state index contributed by atoms with van der Waals surface area (Å²) in [5.74, 6) is 0.158. The maximum Gasteiger partial charge on any atom is 0.222 e. The number of amides is 1. The summed E-state index contributed by atoms with van der Waals surface area (Å²) >= 11 is 0. The van der Waals surface area contributed by atoms with E-state index in [1.165, 1.54) is 18.9 Å². The van der Waals surface area contributed by atoms with Gasteiger partial charge in [-0.15, -0.1) is 0 Å². The van der Waals surface area contributed by atoms with E-state index >= 15 is 0 Å². The lowest BCUT2D eigenvalue weighted by Gasteiger charge is -2.38. The van der Waals surface area contributed by atoms with E-state index < -0.39 is 0 Å². The van der Waals surface area contributed by atoms with Gasteiger partial charge in [-0.2, -0.15) is 0 Å². The second-order valence-corrected chi connectivity index (χ2v) is 6.15. The van der Waals surface area contributed by atoms with Gasteiger partial charge in [0.2, 0.25) is 5.91 Å². The summed E-state index contributed by atoms with van der Waals surface area (Å²) in [6.07, 6.45) is 5.16. The highest BCUT2D eigenvalue weighted by Crippen LogP contribution is 2.23. The topological polar surface area (TPSA) is 23.6 Å². The Morgan fingerprint density at radius 3 is 2.76 bits per heavy atom. The molecule has 1 aromatic carbocycles. The first kappa shape index (κ1) is 14.5. The molecule has 21 heavy (non-hydrogen) atoms. The van der Waals surface area contributed by atoms with Crippen LogP contribution in [-0.2, 0) is 11.3 Å². The van der Waals surface area contributed by atoms with Crippen molar-refractivity contribution in [3.05, 3.63) is 35.6 Å². The average molecular weight is 290 g/mol. The highest BCUT2D eigenvalue weighted by atomic mass is 19.1. The summed E-state index contributed by atoms with van der Waals surface area (Å²) in [4.78, 5) is 16.2. The number of likely N-dealkylation sites (tertiary alicyclic amines) is 2. The number of benzene rings is 1. The van der Waals surface area contributed by atoms with E-state index in [9.17, 15) is 9.18 Å². The van der Waals surface area contributed by atoms with Gasteiger partial charge in [0, 0.05) is 37.7 Å². The highest BCUT2D eigenvalue weighted by molar-refractivity contribution is 5.78. The van der Waals surface area contributed by atoms with Gasteiger partial charge in [-0.1, -0.05) is 24.6 Å². The Labute approximate surface area is 125 Å². The lowest BCUT2D eigenvalue weighted by molar-refractivity contribution is -0.128. The van der Waals surface area contributed by atoms with Gasteiger partial charge in [0.05, 0.1) is 0 Å². The zero-order chi connectivity index (χ0) is 14.7. The molecule has 2 heterocycles. The van der Waals surface area contributed by atoms with Crippen LogP contribution in [0.4, 0.5) is 4.39 Å². The fourth-order valence-electron chi connectivity index (χ4n) is 3.47. The molecule has 0 N–H and O–H groups in total. The van der Waals surface area contributed by atoms with Crippen LogP contribution in [0.1, 0.15) is 37.7 Å². The van der Waals surface area contributed by atoms with Crippen molar-refractivity contribution in [1.29, 1.82) is 0 Å². The first-order chi connectivity index (χ1) is 10.2. The molecule has 2 fully saturated rings. The van der Waals surface area contributed by atoms with Crippen LogP contribution in [-0.4, -0.2) is 41.4 Å². The van der Waals surface area contributed by atoms with Crippen molar-refractivity contribution in [3.8, 4) is 0 Å². The van der Waals surface area contributed by atoms with Gasteiger partial charge in [-0.3, -0.25) is 9.69 Å². The molecule has 2 saturated heterocycles. The molecule has 1 amide bonds. The third kappa shape index (κ3) is 3.43. The standard InChI is InChI=1S/C17H23FN2O/c18-16-8-2-1-6-14(16)12-19-10-4-3-7-15(19)13-20-11-5-9-17(20)21/h1-2,6,8,15H,3-5,7,9-13H2/t15-/m1/s1. The molecule has 0 aliphatic carbocycles. The number of hydrogen-bond donors (Lipinski definition) is 0. The fourth-order valence-corrected chi connectivity index (χ4v) is 3.47. The predicted octanol–water partition coefficient (Wildman–Crippen LogP) is 2.80. The maximum atomic E-state index is 13.8. The second-order valence-electron chi connectivity index (χ2n) is 6.15. The van der Waals surface area contributed by atoms with Gasteiger partial charge in [0.1, 0.15) is 5.82 Å². The van der Waals surface area contributed by atoms with Crippen LogP contribution in [0, 0.1) is 5.82 Å². The highest BCUT2D eigenvalue weighted by Gasteiger charge is 2.28. The van der Waals surface area contributed by atoms with Crippen LogP contribution >= 0.6 is 0 Å². The minimum absolute atomic E-state index is 0.126. The summed E-state index contributed by atoms with van der Waals surface area (Å²) in [5.41, 5.74) is 0.761. The Kier molecular flexibility index (Phi) is 4.54. The van der Waals surface area contributed by atoms with Crippen LogP contribution in [0.15, 0.2) is 24.3 Å². The zero-order valence-corrected chi connectivity index (χ0v) is 12.4. The molecule has 1 aromatic rings. The molecule has 4 heteroatoms. The van der Waals surface area contributed by atoms with E-state index in [0.717, 1.165) is 38.0 Å². The number of nitrogens with zero attached hydrogens (tertiary/aromatic N) is 2. The molecule has 3 nitrogen and oxygen atoms in total. The van der Waals surface area contributed by atoms with Crippen LogP contribution in [0.5, 0.6) is 0 Å². The van der Waals surface area contributed by atoms with E-state index in [0.29, 0.717) is 19.0 Å². The predicted molar refractivity (Wildman–Crippen MR) is 80.3 cm³/mol. The van der Waals surface area contributed by atoms with Crippen molar-refractivity contribution in [2.24, 2.45) is 0 Å². The minimum Gasteiger partial charge on any atom is -0.341 e. The molecule has 1 atom stereocenters. The van der Waals surface area contributed by atoms with E-state index in [4.69, 9.17) is 0 Å². The van der Waals surface area contributed by atoms with E-state index in [-0.39, 0.29) is 11.7 Å². The third-order valence-electron chi connectivity index (χ3n) is 4.68. The number of hydrogen-bond acceptors (Lipinski definition) is 2. The maximum absolute atomic E-state index is 13.8. The lowest BCUT2D eigenvalue weighted by atomic mass is 10.0. The average Bonchev–Trinajstić information content (AvgIpc) is 2.89. The van der Waals surface area contributed by atoms with Crippen molar-refractivity contribution in [2.75, 3.05) is 19.6 Å². The van der Waals surface area contributed by atoms with Crippen molar-refractivity contribution in [1.82, 2.24) is 9.80 Å². The monoisotopic (exact) mass is 290 g/mol. The van der Waals surface area contributed by atoms with Crippen LogP contribution in [0.2, 0.25) is 0 Å². The Hall–Kier alpha value is -1.42. The molecule has 0 saturated carbocycles. The summed E-state index contributed by atoms with van der Waals surface area (Å²) in [7, 11) is 0. The van der Waals surface area contributed by atoms with Crippen molar-refractivity contribution < 1.29 is 9.18 Å². The van der Waals surface area contributed by atoms with Gasteiger partial charge in [-0.25, -0.2) is 4.39 Å². The van der Waals surface area contributed by atoms with Crippen LogP contribution in [0.3, 0.4) is 0 Å². The SMILES string of the molecule is O=C1CCCN1C[C@H]1CCCCN1Cc1ccccc1F. The van der Waals surface area contributed by atoms with Gasteiger partial charge < -0.3 is 4.90 Å². The van der Waals surface area contributed by atoms with E-state index in [1.54, 1.807) is 6.07 Å². The summed E-state index contributed by atoms with van der Waals surface area (Å²) < 4.78 is 13.8. The van der Waals surface area contributed by atoms with Crippen molar-refractivity contribution >= 4 is 5.91 Å². The molecule has 2 aliphatic heterocycles. The fraction of sp³-hybridized carbons (Fsp3) is 0.588. The van der Waals surface area contributed by atoms with E-state index in [1.807, 2.05) is 17.0 Å². The number of carbonyl (C=O) groups is 1. The summed E-state index contributed by atoms with van der Waals surface area (Å²) in [5, 5.41) is 0. The largest absolute Gasteiger partial charge is 0.341 e. The molecule has 114 valence electrons. The molecule has 2 aliphatic rings. The van der Waals surface area contributed by atoms with Gasteiger partial charge >= 0.3 is 0 Å². The zero-order valence-electron chi connectivity index (χ0n) is 12.4. The third-order valence-corrected chi connectivity index (χ3v) is 4.68. The molecule has 0 radical (unpaired) electrons. The number of halogens is 1. The number of rotatable bonds is 4. The normalized spacial score (nSPS) is 23.8. The number of carbonyl (C=O) groups excluding carboxylic acids is 1. The first-order valence-electron chi connectivity index (χ1n) is 7.99. The van der Waals surface area contributed by atoms with Crippen LogP contribution in [0.25, 0.3) is 0 Å². The molecule has 0 aromatic heterocycles. The molecular weight excluding hydrogens is 267 g/mol. The van der Waals surface area contributed by atoms with Gasteiger partial charge in [-0.05, 0) is 31.9 Å². The molecule has 0 unspecified atom stereocenters. The van der Waals surface area contributed by atoms with Crippen molar-refractivity contribution in [3.63, 3.8) is 0 Å². The van der Waals surface area contributed by atoms with Crippen LogP contribution < -0.4 is 0 Å². The molecule has 0 spiro atoms. The molecular formula is C17H23FN2O. The Morgan fingerprint density at radius 2 is 2.00 bits per heavy atom. The summed E-state index contributed by atoms with van der Waals surface area (Å²) in [6.45, 7) is 3.36. The first-order valence-corrected chi connectivity index (χ1v) is 7.99.